The second-order valence-corrected chi connectivity index (χ2v) is 3.72. The number of rotatable bonds is 3. The number of hydrogen-bond donors (Lipinski definition) is 2. The first-order valence-electron chi connectivity index (χ1n) is 5.33. The van der Waals surface area contributed by atoms with Gasteiger partial charge in [0.1, 0.15) is 0 Å². The van der Waals surface area contributed by atoms with Crippen LogP contribution in [0.15, 0.2) is 42.7 Å². The summed E-state index contributed by atoms with van der Waals surface area (Å²) < 4.78 is 0. The number of amides is 1. The van der Waals surface area contributed by atoms with Gasteiger partial charge in [-0.3, -0.25) is 19.9 Å². The molecule has 0 spiro atoms. The third-order valence-corrected chi connectivity index (χ3v) is 2.43. The van der Waals surface area contributed by atoms with Gasteiger partial charge in [0, 0.05) is 24.0 Å². The normalized spacial score (nSPS) is 9.89. The van der Waals surface area contributed by atoms with Gasteiger partial charge >= 0.3 is 0 Å². The van der Waals surface area contributed by atoms with Crippen LogP contribution in [0.4, 0.5) is 17.1 Å². The minimum Gasteiger partial charge on any atom is -0.397 e. The first-order valence-corrected chi connectivity index (χ1v) is 5.33. The van der Waals surface area contributed by atoms with Gasteiger partial charge in [-0.2, -0.15) is 0 Å². The van der Waals surface area contributed by atoms with Crippen molar-refractivity contribution in [2.45, 2.75) is 0 Å². The monoisotopic (exact) mass is 258 g/mol. The number of anilines is 2. The highest BCUT2D eigenvalue weighted by Crippen LogP contribution is 2.17. The smallest absolute Gasteiger partial charge is 0.269 e. The van der Waals surface area contributed by atoms with Gasteiger partial charge in [0.25, 0.3) is 11.6 Å². The Kier molecular flexibility index (Phi) is 3.37. The molecular formula is C12H10N4O3. The van der Waals surface area contributed by atoms with E-state index in [2.05, 4.69) is 10.3 Å². The predicted octanol–water partition coefficient (Wildman–Crippen LogP) is 1.82. The van der Waals surface area contributed by atoms with E-state index in [9.17, 15) is 14.9 Å². The Hall–Kier alpha value is -2.96. The second-order valence-electron chi connectivity index (χ2n) is 3.72. The van der Waals surface area contributed by atoms with Gasteiger partial charge in [0.2, 0.25) is 0 Å². The molecule has 1 amide bonds. The number of nitrogens with two attached hydrogens (primary N) is 1. The largest absolute Gasteiger partial charge is 0.397 e. The Morgan fingerprint density at radius 2 is 1.95 bits per heavy atom. The van der Waals surface area contributed by atoms with Crippen LogP contribution in [0.25, 0.3) is 0 Å². The molecule has 0 aliphatic carbocycles. The summed E-state index contributed by atoms with van der Waals surface area (Å²) in [5, 5.41) is 13.1. The molecule has 2 aromatic rings. The van der Waals surface area contributed by atoms with E-state index in [1.165, 1.54) is 42.7 Å². The number of pyridine rings is 1. The van der Waals surface area contributed by atoms with Crippen molar-refractivity contribution in [1.82, 2.24) is 4.98 Å². The maximum atomic E-state index is 11.9. The van der Waals surface area contributed by atoms with E-state index in [1.807, 2.05) is 0 Å². The maximum absolute atomic E-state index is 11.9. The zero-order chi connectivity index (χ0) is 13.8. The quantitative estimate of drug-likeness (QED) is 0.644. The zero-order valence-electron chi connectivity index (χ0n) is 9.74. The van der Waals surface area contributed by atoms with E-state index >= 15 is 0 Å². The number of nitrogen functional groups attached to an aromatic ring is 1. The van der Waals surface area contributed by atoms with Gasteiger partial charge in [-0.1, -0.05) is 0 Å². The van der Waals surface area contributed by atoms with Crippen LogP contribution >= 0.6 is 0 Å². The molecule has 0 radical (unpaired) electrons. The number of nitrogens with one attached hydrogen (secondary N) is 1. The fourth-order valence-corrected chi connectivity index (χ4v) is 1.48. The molecular weight excluding hydrogens is 248 g/mol. The van der Waals surface area contributed by atoms with Gasteiger partial charge in [0.05, 0.1) is 22.4 Å². The number of carbonyl (C=O) groups excluding carboxylic acids is 1. The Morgan fingerprint density at radius 1 is 1.26 bits per heavy atom. The third-order valence-electron chi connectivity index (χ3n) is 2.43. The molecule has 0 aliphatic rings. The van der Waals surface area contributed by atoms with Crippen LogP contribution in [0.1, 0.15) is 10.4 Å². The Bertz CT molecular complexity index is 625. The second kappa shape index (κ2) is 5.13. The van der Waals surface area contributed by atoms with Crippen molar-refractivity contribution < 1.29 is 9.72 Å². The molecule has 0 unspecified atom stereocenters. The molecule has 1 heterocycles. The molecule has 96 valence electrons. The molecule has 0 aliphatic heterocycles. The van der Waals surface area contributed by atoms with Crippen LogP contribution < -0.4 is 11.1 Å². The standard InChI is InChI=1S/C12H10N4O3/c13-11-7-14-6-5-10(11)12(17)15-8-1-3-9(4-2-8)16(18)19/h1-7H,13H2,(H,15,17). The van der Waals surface area contributed by atoms with Gasteiger partial charge in [-0.25, -0.2) is 0 Å². The van der Waals surface area contributed by atoms with E-state index in [4.69, 9.17) is 5.73 Å². The van der Waals surface area contributed by atoms with Crippen molar-refractivity contribution >= 4 is 23.0 Å². The maximum Gasteiger partial charge on any atom is 0.269 e. The van der Waals surface area contributed by atoms with Crippen LogP contribution in [0.3, 0.4) is 0 Å². The van der Waals surface area contributed by atoms with Gasteiger partial charge < -0.3 is 11.1 Å². The molecule has 0 atom stereocenters. The molecule has 0 fully saturated rings. The lowest BCUT2D eigenvalue weighted by Crippen LogP contribution is -2.14. The summed E-state index contributed by atoms with van der Waals surface area (Å²) in [7, 11) is 0. The van der Waals surface area contributed by atoms with Crippen molar-refractivity contribution in [3.05, 3.63) is 58.4 Å². The average Bonchev–Trinajstić information content (AvgIpc) is 2.39. The number of non-ortho nitro benzene ring substituents is 1. The molecule has 0 saturated carbocycles. The Morgan fingerprint density at radius 3 is 2.53 bits per heavy atom. The van der Waals surface area contributed by atoms with Crippen LogP contribution in [0.2, 0.25) is 0 Å². The Balaban J connectivity index is 2.15. The molecule has 2 rings (SSSR count). The topological polar surface area (TPSA) is 111 Å². The van der Waals surface area contributed by atoms with Crippen molar-refractivity contribution in [1.29, 1.82) is 0 Å². The lowest BCUT2D eigenvalue weighted by molar-refractivity contribution is -0.384. The van der Waals surface area contributed by atoms with Crippen LogP contribution in [-0.4, -0.2) is 15.8 Å². The highest BCUT2D eigenvalue weighted by molar-refractivity contribution is 6.07. The lowest BCUT2D eigenvalue weighted by atomic mass is 10.2. The van der Waals surface area contributed by atoms with E-state index in [0.717, 1.165) is 0 Å². The predicted molar refractivity (Wildman–Crippen MR) is 69.7 cm³/mol. The van der Waals surface area contributed by atoms with Crippen molar-refractivity contribution in [3.8, 4) is 0 Å². The highest BCUT2D eigenvalue weighted by Gasteiger charge is 2.10. The van der Waals surface area contributed by atoms with Gasteiger partial charge in [-0.15, -0.1) is 0 Å². The molecule has 0 saturated heterocycles. The van der Waals surface area contributed by atoms with Gasteiger partial charge in [-0.05, 0) is 18.2 Å². The van der Waals surface area contributed by atoms with Crippen molar-refractivity contribution in [2.24, 2.45) is 0 Å². The van der Waals surface area contributed by atoms with Crippen LogP contribution in [-0.2, 0) is 0 Å². The number of hydrogen-bond acceptors (Lipinski definition) is 5. The summed E-state index contributed by atoms with van der Waals surface area (Å²) in [6.45, 7) is 0. The van der Waals surface area contributed by atoms with E-state index in [-0.39, 0.29) is 11.4 Å². The minimum atomic E-state index is -0.507. The number of nitro groups is 1. The third kappa shape index (κ3) is 2.83. The fourth-order valence-electron chi connectivity index (χ4n) is 1.48. The number of carbonyl (C=O) groups is 1. The summed E-state index contributed by atoms with van der Waals surface area (Å²) in [6, 6.07) is 7.02. The molecule has 7 heteroatoms. The minimum absolute atomic E-state index is 0.0403. The van der Waals surface area contributed by atoms with Crippen LogP contribution in [0, 0.1) is 10.1 Å². The van der Waals surface area contributed by atoms with E-state index in [1.54, 1.807) is 0 Å². The SMILES string of the molecule is Nc1cnccc1C(=O)Nc1ccc([N+](=O)[O-])cc1. The molecule has 1 aromatic heterocycles. The summed E-state index contributed by atoms with van der Waals surface area (Å²) in [6.07, 6.45) is 2.84. The number of nitro benzene ring substituents is 1. The summed E-state index contributed by atoms with van der Waals surface area (Å²) in [5.74, 6) is -0.395. The molecule has 0 bridgehead atoms. The van der Waals surface area contributed by atoms with Crippen LogP contribution in [0.5, 0.6) is 0 Å². The summed E-state index contributed by atoms with van der Waals surface area (Å²) >= 11 is 0. The number of benzene rings is 1. The molecule has 3 N–H and O–H groups in total. The average molecular weight is 258 g/mol. The lowest BCUT2D eigenvalue weighted by Gasteiger charge is -2.06. The molecule has 7 nitrogen and oxygen atoms in total. The first-order chi connectivity index (χ1) is 9.08. The van der Waals surface area contributed by atoms with E-state index < -0.39 is 10.8 Å². The number of nitrogens with zero attached hydrogens (tertiary/aromatic N) is 2. The highest BCUT2D eigenvalue weighted by atomic mass is 16.6. The van der Waals surface area contributed by atoms with Gasteiger partial charge in [0.15, 0.2) is 0 Å². The Labute approximate surface area is 108 Å². The molecule has 19 heavy (non-hydrogen) atoms. The van der Waals surface area contributed by atoms with E-state index in [0.29, 0.717) is 11.3 Å². The summed E-state index contributed by atoms with van der Waals surface area (Å²) in [5.41, 5.74) is 6.60. The first kappa shape index (κ1) is 12.5. The number of aromatic nitrogens is 1. The van der Waals surface area contributed by atoms with Crippen molar-refractivity contribution in [2.75, 3.05) is 11.1 Å². The van der Waals surface area contributed by atoms with Crippen molar-refractivity contribution in [3.63, 3.8) is 0 Å². The summed E-state index contributed by atoms with van der Waals surface area (Å²) in [4.78, 5) is 25.7. The molecule has 1 aromatic carbocycles. The zero-order valence-corrected chi connectivity index (χ0v) is 9.74. The fraction of sp³-hybridized carbons (Fsp3) is 0.